The van der Waals surface area contributed by atoms with Crippen molar-refractivity contribution in [2.45, 2.75) is 104 Å². The Morgan fingerprint density at radius 3 is 2.18 bits per heavy atom. The van der Waals surface area contributed by atoms with E-state index in [-0.39, 0.29) is 35.8 Å². The van der Waals surface area contributed by atoms with Crippen molar-refractivity contribution in [1.82, 2.24) is 36.1 Å². The van der Waals surface area contributed by atoms with E-state index in [1.807, 2.05) is 51.1 Å². The molecule has 13 heteroatoms. The Balaban J connectivity index is 1.49. The van der Waals surface area contributed by atoms with Crippen LogP contribution in [0.1, 0.15) is 95.7 Å². The highest BCUT2D eigenvalue weighted by molar-refractivity contribution is 6.38. The minimum absolute atomic E-state index is 0.0583. The minimum atomic E-state index is -1.06. The summed E-state index contributed by atoms with van der Waals surface area (Å²) in [6.45, 7) is 11.2. The summed E-state index contributed by atoms with van der Waals surface area (Å²) >= 11 is 0. The number of fused-ring (bicyclic) bond motifs is 1. The lowest BCUT2D eigenvalue weighted by Gasteiger charge is -2.34. The van der Waals surface area contributed by atoms with Crippen LogP contribution in [-0.2, 0) is 24.0 Å². The molecule has 4 rings (SSSR count). The van der Waals surface area contributed by atoms with Gasteiger partial charge in [-0.05, 0) is 55.4 Å². The minimum Gasteiger partial charge on any atom is -0.344 e. The number of Topliss-reactive ketones (excluding diaryl/α,β-unsaturated/α-hetero) is 1. The van der Waals surface area contributed by atoms with Gasteiger partial charge in [0.05, 0.1) is 18.3 Å². The van der Waals surface area contributed by atoms with E-state index in [2.05, 4.69) is 31.2 Å². The van der Waals surface area contributed by atoms with Crippen LogP contribution in [0.5, 0.6) is 0 Å². The lowest BCUT2D eigenvalue weighted by atomic mass is 9.92. The number of aromatic nitrogens is 2. The van der Waals surface area contributed by atoms with E-state index in [0.717, 1.165) is 24.8 Å². The molecule has 1 aromatic heterocycles. The first-order chi connectivity index (χ1) is 23.8. The van der Waals surface area contributed by atoms with Crippen LogP contribution < -0.4 is 21.3 Å². The van der Waals surface area contributed by atoms with Crippen LogP contribution in [0.2, 0.25) is 0 Å². The average molecular weight is 690 g/mol. The number of nitrogens with one attached hydrogen (secondary N) is 4. The zero-order valence-electron chi connectivity index (χ0n) is 29.8. The Morgan fingerprint density at radius 2 is 1.56 bits per heavy atom. The number of likely N-dealkylation sites (tertiary alicyclic amines) is 1. The number of amides is 5. The number of hydrogen-bond acceptors (Lipinski definition) is 8. The zero-order valence-corrected chi connectivity index (χ0v) is 29.8. The predicted octanol–water partition coefficient (Wildman–Crippen LogP) is 2.73. The van der Waals surface area contributed by atoms with Gasteiger partial charge in [0, 0.05) is 18.9 Å². The molecule has 0 spiro atoms. The molecule has 2 unspecified atom stereocenters. The van der Waals surface area contributed by atoms with Crippen molar-refractivity contribution >= 4 is 35.3 Å². The summed E-state index contributed by atoms with van der Waals surface area (Å²) in [5.41, 5.74) is 0.902. The van der Waals surface area contributed by atoms with Crippen LogP contribution >= 0.6 is 0 Å². The Labute approximate surface area is 294 Å². The second kappa shape index (κ2) is 17.3. The summed E-state index contributed by atoms with van der Waals surface area (Å²) in [5.74, 6) is -4.18. The molecule has 0 radical (unpaired) electrons. The molecule has 1 aliphatic carbocycles. The van der Waals surface area contributed by atoms with E-state index in [1.165, 1.54) is 18.6 Å². The van der Waals surface area contributed by atoms with E-state index in [1.54, 1.807) is 25.7 Å². The van der Waals surface area contributed by atoms with Crippen molar-refractivity contribution in [2.24, 2.45) is 23.7 Å². The van der Waals surface area contributed by atoms with Gasteiger partial charge in [-0.25, -0.2) is 4.98 Å². The number of hydrogen-bond donors (Lipinski definition) is 4. The van der Waals surface area contributed by atoms with Gasteiger partial charge < -0.3 is 26.2 Å². The topological polar surface area (TPSA) is 180 Å². The van der Waals surface area contributed by atoms with Gasteiger partial charge in [-0.1, -0.05) is 77.8 Å². The molecular formula is C37H51N7O6. The third-order valence-electron chi connectivity index (χ3n) is 9.79. The normalized spacial score (nSPS) is 20.7. The summed E-state index contributed by atoms with van der Waals surface area (Å²) in [6, 6.07) is 5.01. The SMILES string of the molecule is CCCC(NC(=O)C1[C@H]2CCC[C@H]2CN1C(=O)[C@@H](NC(=O)[C@H](NC(=O)c1cnccn1)C(C)C)C(C)C)C(=O)C(=O)N[C@H](C)c1ccccc1. The standard InChI is InChI=1S/C37H51N7O6/c1-7-12-27(32(45)36(49)40-23(6)24-13-9-8-10-14-24)41-35(48)31-26-16-11-15-25(26)20-44(31)37(50)30(22(4)5)43-34(47)29(21(2)3)42-33(46)28-19-38-17-18-39-28/h8-10,13-14,17-19,21-23,25-27,29-31H,7,11-12,15-16,20H2,1-6H3,(H,40,49)(H,41,48)(H,42,46)(H,43,47)/t23-,25+,26+,27?,29-,30+,31?/m1/s1. The molecular weight excluding hydrogens is 638 g/mol. The van der Waals surface area contributed by atoms with Crippen molar-refractivity contribution in [1.29, 1.82) is 0 Å². The van der Waals surface area contributed by atoms with Crippen LogP contribution in [0, 0.1) is 23.7 Å². The van der Waals surface area contributed by atoms with Crippen LogP contribution in [0.4, 0.5) is 0 Å². The molecule has 1 aliphatic heterocycles. The molecule has 270 valence electrons. The number of carbonyl (C=O) groups excluding carboxylic acids is 6. The van der Waals surface area contributed by atoms with Gasteiger partial charge in [0.2, 0.25) is 23.5 Å². The molecule has 2 heterocycles. The zero-order chi connectivity index (χ0) is 36.5. The van der Waals surface area contributed by atoms with E-state index < -0.39 is 65.5 Å². The number of carbonyl (C=O) groups is 6. The van der Waals surface area contributed by atoms with E-state index in [9.17, 15) is 28.8 Å². The third-order valence-corrected chi connectivity index (χ3v) is 9.79. The van der Waals surface area contributed by atoms with E-state index >= 15 is 0 Å². The largest absolute Gasteiger partial charge is 0.344 e. The number of rotatable bonds is 15. The van der Waals surface area contributed by atoms with Crippen molar-refractivity contribution in [3.8, 4) is 0 Å². The molecule has 1 saturated heterocycles. The lowest BCUT2D eigenvalue weighted by Crippen LogP contribution is -2.60. The summed E-state index contributed by atoms with van der Waals surface area (Å²) in [4.78, 5) is 90.8. The average Bonchev–Trinajstić information content (AvgIpc) is 3.71. The molecule has 2 aromatic rings. The highest BCUT2D eigenvalue weighted by Gasteiger charge is 2.51. The smallest absolute Gasteiger partial charge is 0.290 e. The first-order valence-corrected chi connectivity index (χ1v) is 17.7. The van der Waals surface area contributed by atoms with Gasteiger partial charge in [0.15, 0.2) is 0 Å². The fraction of sp³-hybridized carbons (Fsp3) is 0.568. The second-order valence-electron chi connectivity index (χ2n) is 14.1. The third kappa shape index (κ3) is 9.10. The van der Waals surface area contributed by atoms with Gasteiger partial charge in [-0.15, -0.1) is 0 Å². The van der Waals surface area contributed by atoms with Crippen LogP contribution in [-0.4, -0.2) is 80.9 Å². The Morgan fingerprint density at radius 1 is 0.860 bits per heavy atom. The maximum Gasteiger partial charge on any atom is 0.290 e. The van der Waals surface area contributed by atoms with Crippen molar-refractivity contribution in [3.05, 3.63) is 60.2 Å². The highest BCUT2D eigenvalue weighted by Crippen LogP contribution is 2.42. The molecule has 2 aliphatic rings. The lowest BCUT2D eigenvalue weighted by molar-refractivity contribution is -0.145. The maximum atomic E-state index is 14.3. The fourth-order valence-electron chi connectivity index (χ4n) is 7.04. The van der Waals surface area contributed by atoms with Crippen LogP contribution in [0.3, 0.4) is 0 Å². The molecule has 5 amide bonds. The molecule has 2 fully saturated rings. The van der Waals surface area contributed by atoms with Gasteiger partial charge in [-0.2, -0.15) is 0 Å². The highest BCUT2D eigenvalue weighted by atomic mass is 16.2. The quantitative estimate of drug-likeness (QED) is 0.206. The maximum absolute atomic E-state index is 14.3. The van der Waals surface area contributed by atoms with E-state index in [0.29, 0.717) is 13.0 Å². The second-order valence-corrected chi connectivity index (χ2v) is 14.1. The van der Waals surface area contributed by atoms with Crippen LogP contribution in [0.15, 0.2) is 48.9 Å². The van der Waals surface area contributed by atoms with Crippen molar-refractivity contribution in [2.75, 3.05) is 6.54 Å². The first kappa shape index (κ1) is 38.1. The first-order valence-electron chi connectivity index (χ1n) is 17.7. The van der Waals surface area contributed by atoms with Crippen LogP contribution in [0.25, 0.3) is 0 Å². The summed E-state index contributed by atoms with van der Waals surface area (Å²) in [7, 11) is 0. The van der Waals surface area contributed by atoms with Gasteiger partial charge in [-0.3, -0.25) is 33.8 Å². The molecule has 13 nitrogen and oxygen atoms in total. The molecule has 7 atom stereocenters. The monoisotopic (exact) mass is 689 g/mol. The van der Waals surface area contributed by atoms with Crippen molar-refractivity contribution < 1.29 is 28.8 Å². The molecule has 1 aromatic carbocycles. The summed E-state index contributed by atoms with van der Waals surface area (Å²) < 4.78 is 0. The van der Waals surface area contributed by atoms with Gasteiger partial charge in [0.1, 0.15) is 23.8 Å². The number of nitrogens with zero attached hydrogens (tertiary/aromatic N) is 3. The fourth-order valence-corrected chi connectivity index (χ4v) is 7.04. The Bertz CT molecular complexity index is 1520. The molecule has 0 bridgehead atoms. The Hall–Kier alpha value is -4.68. The molecule has 4 N–H and O–H groups in total. The van der Waals surface area contributed by atoms with Gasteiger partial charge >= 0.3 is 0 Å². The van der Waals surface area contributed by atoms with Crippen molar-refractivity contribution in [3.63, 3.8) is 0 Å². The number of benzene rings is 1. The summed E-state index contributed by atoms with van der Waals surface area (Å²) in [5, 5.41) is 11.2. The molecule has 50 heavy (non-hydrogen) atoms. The predicted molar refractivity (Wildman–Crippen MR) is 186 cm³/mol. The Kier molecular flexibility index (Phi) is 13.2. The van der Waals surface area contributed by atoms with E-state index in [4.69, 9.17) is 0 Å². The summed E-state index contributed by atoms with van der Waals surface area (Å²) in [6.07, 6.45) is 7.45. The van der Waals surface area contributed by atoms with Gasteiger partial charge in [0.25, 0.3) is 11.8 Å². The number of ketones is 1. The molecule has 1 saturated carbocycles.